The van der Waals surface area contributed by atoms with Gasteiger partial charge < -0.3 is 15.8 Å². The van der Waals surface area contributed by atoms with Crippen molar-refractivity contribution in [1.82, 2.24) is 0 Å². The van der Waals surface area contributed by atoms with Crippen molar-refractivity contribution in [1.29, 1.82) is 0 Å². The Morgan fingerprint density at radius 2 is 1.86 bits per heavy atom. The van der Waals surface area contributed by atoms with E-state index in [1.165, 1.54) is 19.2 Å². The quantitative estimate of drug-likeness (QED) is 0.826. The van der Waals surface area contributed by atoms with Crippen LogP contribution < -0.4 is 15.8 Å². The average molecular weight is 357 g/mol. The number of halogens is 3. The number of ether oxygens (including phenoxy) is 1. The van der Waals surface area contributed by atoms with E-state index >= 15 is 0 Å². The topological polar surface area (TPSA) is 64.3 Å². The summed E-state index contributed by atoms with van der Waals surface area (Å²) < 4.78 is 32.6. The van der Waals surface area contributed by atoms with Gasteiger partial charge in [-0.25, -0.2) is 8.78 Å². The lowest BCUT2D eigenvalue weighted by Crippen LogP contribution is -2.16. The molecule has 0 aliphatic heterocycles. The van der Waals surface area contributed by atoms with Gasteiger partial charge in [0.05, 0.1) is 12.8 Å². The lowest BCUT2D eigenvalue weighted by Gasteiger charge is -2.10. The molecule has 4 nitrogen and oxygen atoms in total. The van der Waals surface area contributed by atoms with E-state index in [0.29, 0.717) is 17.1 Å². The molecule has 0 saturated heterocycles. The van der Waals surface area contributed by atoms with E-state index in [0.717, 1.165) is 12.1 Å². The molecular weight excluding hydrogens is 346 g/mol. The van der Waals surface area contributed by atoms with Gasteiger partial charge in [-0.2, -0.15) is 0 Å². The molecule has 0 unspecified atom stereocenters. The van der Waals surface area contributed by atoms with Crippen LogP contribution >= 0.6 is 15.9 Å². The SMILES string of the molecule is COc1ccc(NC(=O)c2c(F)cc(Br)cc2F)cc1N. The molecule has 0 atom stereocenters. The van der Waals surface area contributed by atoms with Gasteiger partial charge in [0.15, 0.2) is 0 Å². The summed E-state index contributed by atoms with van der Waals surface area (Å²) in [4.78, 5) is 12.0. The fourth-order valence-corrected chi connectivity index (χ4v) is 2.17. The first-order valence-electron chi connectivity index (χ1n) is 5.81. The summed E-state index contributed by atoms with van der Waals surface area (Å²) in [5.74, 6) is -2.38. The van der Waals surface area contributed by atoms with Gasteiger partial charge >= 0.3 is 0 Å². The van der Waals surface area contributed by atoms with Crippen molar-refractivity contribution < 1.29 is 18.3 Å². The number of hydrogen-bond acceptors (Lipinski definition) is 3. The molecule has 0 saturated carbocycles. The Balaban J connectivity index is 2.28. The van der Waals surface area contributed by atoms with Crippen LogP contribution in [-0.2, 0) is 0 Å². The minimum atomic E-state index is -0.958. The van der Waals surface area contributed by atoms with Crippen LogP contribution in [-0.4, -0.2) is 13.0 Å². The smallest absolute Gasteiger partial charge is 0.261 e. The minimum absolute atomic E-state index is 0.211. The Labute approximate surface area is 128 Å². The van der Waals surface area contributed by atoms with Crippen LogP contribution in [0, 0.1) is 11.6 Å². The van der Waals surface area contributed by atoms with Crippen LogP contribution in [0.5, 0.6) is 5.75 Å². The molecular formula is C14H11BrF2N2O2. The summed E-state index contributed by atoms with van der Waals surface area (Å²) in [6.07, 6.45) is 0. The Morgan fingerprint density at radius 3 is 2.38 bits per heavy atom. The van der Waals surface area contributed by atoms with Gasteiger partial charge in [0.2, 0.25) is 0 Å². The van der Waals surface area contributed by atoms with Gasteiger partial charge in [-0.1, -0.05) is 15.9 Å². The van der Waals surface area contributed by atoms with Crippen LogP contribution in [0.15, 0.2) is 34.8 Å². The van der Waals surface area contributed by atoms with Crippen molar-refractivity contribution in [3.8, 4) is 5.75 Å². The molecule has 0 aliphatic rings. The number of hydrogen-bond donors (Lipinski definition) is 2. The van der Waals surface area contributed by atoms with Crippen molar-refractivity contribution in [2.45, 2.75) is 0 Å². The highest BCUT2D eigenvalue weighted by Gasteiger charge is 2.18. The van der Waals surface area contributed by atoms with Gasteiger partial charge in [0.1, 0.15) is 22.9 Å². The third-order valence-electron chi connectivity index (χ3n) is 2.72. The second-order valence-electron chi connectivity index (χ2n) is 4.16. The van der Waals surface area contributed by atoms with E-state index in [4.69, 9.17) is 10.5 Å². The molecule has 3 N–H and O–H groups in total. The second kappa shape index (κ2) is 6.09. The second-order valence-corrected chi connectivity index (χ2v) is 5.07. The summed E-state index contributed by atoms with van der Waals surface area (Å²) in [5, 5.41) is 2.38. The van der Waals surface area contributed by atoms with Crippen LogP contribution in [0.4, 0.5) is 20.2 Å². The summed E-state index contributed by atoms with van der Waals surface area (Å²) in [5.41, 5.74) is 5.64. The number of benzene rings is 2. The number of nitrogen functional groups attached to an aromatic ring is 1. The first kappa shape index (κ1) is 15.2. The van der Waals surface area contributed by atoms with E-state index in [1.807, 2.05) is 0 Å². The fourth-order valence-electron chi connectivity index (χ4n) is 1.76. The minimum Gasteiger partial charge on any atom is -0.495 e. The number of nitrogens with one attached hydrogen (secondary N) is 1. The first-order valence-corrected chi connectivity index (χ1v) is 6.61. The maximum absolute atomic E-state index is 13.7. The van der Waals surface area contributed by atoms with Crippen molar-refractivity contribution in [2.24, 2.45) is 0 Å². The number of amides is 1. The Morgan fingerprint density at radius 1 is 1.24 bits per heavy atom. The molecule has 2 aromatic carbocycles. The standard InChI is InChI=1S/C14H11BrF2N2O2/c1-21-12-3-2-8(6-11(12)18)19-14(20)13-9(16)4-7(15)5-10(13)17/h2-6H,18H2,1H3,(H,19,20). The normalized spacial score (nSPS) is 10.3. The van der Waals surface area contributed by atoms with Gasteiger partial charge in [-0.3, -0.25) is 4.79 Å². The molecule has 0 heterocycles. The van der Waals surface area contributed by atoms with Crippen molar-refractivity contribution >= 4 is 33.2 Å². The third-order valence-corrected chi connectivity index (χ3v) is 3.18. The summed E-state index contributed by atoms with van der Waals surface area (Å²) in [6.45, 7) is 0. The van der Waals surface area contributed by atoms with E-state index < -0.39 is 23.1 Å². The monoisotopic (exact) mass is 356 g/mol. The number of anilines is 2. The van der Waals surface area contributed by atoms with Gasteiger partial charge in [0, 0.05) is 10.2 Å². The highest BCUT2D eigenvalue weighted by Crippen LogP contribution is 2.26. The number of methoxy groups -OCH3 is 1. The first-order chi connectivity index (χ1) is 9.92. The zero-order valence-corrected chi connectivity index (χ0v) is 12.5. The molecule has 1 amide bonds. The van der Waals surface area contributed by atoms with E-state index in [2.05, 4.69) is 21.2 Å². The van der Waals surface area contributed by atoms with Crippen LogP contribution in [0.2, 0.25) is 0 Å². The van der Waals surface area contributed by atoms with Gasteiger partial charge in [0.25, 0.3) is 5.91 Å². The summed E-state index contributed by atoms with van der Waals surface area (Å²) >= 11 is 2.95. The van der Waals surface area contributed by atoms with Gasteiger partial charge in [-0.05, 0) is 30.3 Å². The average Bonchev–Trinajstić information content (AvgIpc) is 2.37. The summed E-state index contributed by atoms with van der Waals surface area (Å²) in [6, 6.07) is 6.52. The van der Waals surface area contributed by atoms with E-state index in [1.54, 1.807) is 6.07 Å². The molecule has 0 aromatic heterocycles. The maximum Gasteiger partial charge on any atom is 0.261 e. The Bertz CT molecular complexity index is 684. The van der Waals surface area contributed by atoms with Crippen LogP contribution in [0.1, 0.15) is 10.4 Å². The number of rotatable bonds is 3. The molecule has 0 spiro atoms. The predicted molar refractivity (Wildman–Crippen MR) is 79.4 cm³/mol. The zero-order valence-electron chi connectivity index (χ0n) is 10.9. The third kappa shape index (κ3) is 3.30. The highest BCUT2D eigenvalue weighted by molar-refractivity contribution is 9.10. The van der Waals surface area contributed by atoms with E-state index in [9.17, 15) is 13.6 Å². The molecule has 0 bridgehead atoms. The highest BCUT2D eigenvalue weighted by atomic mass is 79.9. The maximum atomic E-state index is 13.7. The Hall–Kier alpha value is -2.15. The van der Waals surface area contributed by atoms with Crippen molar-refractivity contribution in [3.63, 3.8) is 0 Å². The van der Waals surface area contributed by atoms with Crippen molar-refractivity contribution in [3.05, 3.63) is 52.0 Å². The summed E-state index contributed by atoms with van der Waals surface area (Å²) in [7, 11) is 1.45. The molecule has 2 aromatic rings. The molecule has 0 radical (unpaired) electrons. The van der Waals surface area contributed by atoms with Crippen molar-refractivity contribution in [2.75, 3.05) is 18.2 Å². The van der Waals surface area contributed by atoms with Crippen LogP contribution in [0.25, 0.3) is 0 Å². The van der Waals surface area contributed by atoms with Gasteiger partial charge in [-0.15, -0.1) is 0 Å². The number of carbonyl (C=O) groups excluding carboxylic acids is 1. The molecule has 0 aliphatic carbocycles. The molecule has 2 rings (SSSR count). The lowest BCUT2D eigenvalue weighted by molar-refractivity contribution is 0.101. The largest absolute Gasteiger partial charge is 0.495 e. The zero-order chi connectivity index (χ0) is 15.6. The van der Waals surface area contributed by atoms with E-state index in [-0.39, 0.29) is 4.47 Å². The number of carbonyl (C=O) groups is 1. The number of nitrogens with two attached hydrogens (primary N) is 1. The molecule has 110 valence electrons. The molecule has 0 fully saturated rings. The predicted octanol–water partition coefficient (Wildman–Crippen LogP) is 3.57. The molecule has 21 heavy (non-hydrogen) atoms. The Kier molecular flexibility index (Phi) is 4.42. The van der Waals surface area contributed by atoms with Crippen LogP contribution in [0.3, 0.4) is 0 Å². The lowest BCUT2D eigenvalue weighted by atomic mass is 10.1. The molecule has 7 heteroatoms. The fraction of sp³-hybridized carbons (Fsp3) is 0.0714.